The van der Waals surface area contributed by atoms with Crippen LogP contribution < -0.4 is 5.32 Å². The van der Waals surface area contributed by atoms with Gasteiger partial charge < -0.3 is 19.9 Å². The molecule has 1 N–H and O–H groups in total. The second kappa shape index (κ2) is 11.0. The van der Waals surface area contributed by atoms with Crippen LogP contribution in [-0.2, 0) is 11.2 Å². The highest BCUT2D eigenvalue weighted by Gasteiger charge is 2.30. The largest absolute Gasteiger partial charge is 0.379 e. The van der Waals surface area contributed by atoms with Crippen molar-refractivity contribution in [2.45, 2.75) is 38.8 Å². The smallest absolute Gasteiger partial charge is 0.194 e. The molecule has 0 bridgehead atoms. The number of nitrogens with zero attached hydrogens (tertiary/aromatic N) is 4. The average Bonchev–Trinajstić information content (AvgIpc) is 3.24. The van der Waals surface area contributed by atoms with Gasteiger partial charge in [-0.15, -0.1) is 0 Å². The third-order valence-corrected chi connectivity index (χ3v) is 6.17. The summed E-state index contributed by atoms with van der Waals surface area (Å²) < 4.78 is 5.52. The fourth-order valence-corrected chi connectivity index (χ4v) is 4.32. The van der Waals surface area contributed by atoms with Gasteiger partial charge in [0, 0.05) is 38.8 Å². The highest BCUT2D eigenvalue weighted by atomic mass is 16.5. The van der Waals surface area contributed by atoms with Crippen LogP contribution in [0.4, 0.5) is 0 Å². The van der Waals surface area contributed by atoms with Gasteiger partial charge in [-0.3, -0.25) is 9.89 Å². The van der Waals surface area contributed by atoms with E-state index < -0.39 is 0 Å². The first kappa shape index (κ1) is 22.1. The van der Waals surface area contributed by atoms with Crippen molar-refractivity contribution in [3.8, 4) is 0 Å². The zero-order valence-corrected chi connectivity index (χ0v) is 18.7. The Bertz CT molecular complexity index is 639. The molecule has 0 amide bonds. The van der Waals surface area contributed by atoms with Gasteiger partial charge in [0.2, 0.25) is 0 Å². The summed E-state index contributed by atoms with van der Waals surface area (Å²) in [6.07, 6.45) is 2.29. The van der Waals surface area contributed by atoms with Crippen molar-refractivity contribution in [2.24, 2.45) is 4.99 Å². The predicted molar refractivity (Wildman–Crippen MR) is 121 cm³/mol. The molecule has 2 fully saturated rings. The van der Waals surface area contributed by atoms with Crippen LogP contribution in [-0.4, -0.2) is 93.3 Å². The molecule has 2 saturated heterocycles. The first-order valence-electron chi connectivity index (χ1n) is 11.2. The van der Waals surface area contributed by atoms with E-state index in [1.807, 2.05) is 0 Å². The van der Waals surface area contributed by atoms with Crippen molar-refractivity contribution in [2.75, 3.05) is 66.6 Å². The van der Waals surface area contributed by atoms with Crippen LogP contribution in [0.5, 0.6) is 0 Å². The van der Waals surface area contributed by atoms with Gasteiger partial charge in [-0.25, -0.2) is 0 Å². The Labute approximate surface area is 176 Å². The van der Waals surface area contributed by atoms with E-state index in [9.17, 15) is 0 Å². The van der Waals surface area contributed by atoms with Crippen LogP contribution in [0.1, 0.15) is 37.4 Å². The Kier molecular flexibility index (Phi) is 8.33. The number of hydrogen-bond acceptors (Lipinski definition) is 4. The van der Waals surface area contributed by atoms with Gasteiger partial charge in [0.25, 0.3) is 0 Å². The molecule has 2 unspecified atom stereocenters. The van der Waals surface area contributed by atoms with E-state index in [1.165, 1.54) is 17.5 Å². The van der Waals surface area contributed by atoms with Crippen LogP contribution >= 0.6 is 0 Å². The first-order chi connectivity index (χ1) is 14.1. The third kappa shape index (κ3) is 5.93. The van der Waals surface area contributed by atoms with Gasteiger partial charge in [-0.05, 0) is 45.0 Å². The van der Waals surface area contributed by atoms with Gasteiger partial charge in [0.15, 0.2) is 5.96 Å². The van der Waals surface area contributed by atoms with Gasteiger partial charge >= 0.3 is 0 Å². The Morgan fingerprint density at radius 1 is 1.17 bits per heavy atom. The quantitative estimate of drug-likeness (QED) is 0.561. The minimum absolute atomic E-state index is 0.284. The van der Waals surface area contributed by atoms with Crippen molar-refractivity contribution < 1.29 is 4.74 Å². The number of likely N-dealkylation sites (N-methyl/N-ethyl adjacent to an activating group) is 1. The second-order valence-electron chi connectivity index (χ2n) is 8.31. The highest BCUT2D eigenvalue weighted by Crippen LogP contribution is 2.21. The summed E-state index contributed by atoms with van der Waals surface area (Å²) in [5, 5.41) is 3.53. The molecule has 29 heavy (non-hydrogen) atoms. The molecule has 2 aliphatic rings. The van der Waals surface area contributed by atoms with Gasteiger partial charge in [0.1, 0.15) is 0 Å². The number of benzene rings is 1. The Hall–Kier alpha value is -1.63. The SMILES string of the molecule is CCNC(=NCC(c1ccc(CC)cc1)N(C)C)N1CCC(N2CCOCC2)C1. The number of hydrogen-bond donors (Lipinski definition) is 1. The zero-order valence-electron chi connectivity index (χ0n) is 18.7. The maximum atomic E-state index is 5.52. The Morgan fingerprint density at radius 3 is 2.52 bits per heavy atom. The van der Waals surface area contributed by atoms with Crippen LogP contribution in [0.25, 0.3) is 0 Å². The molecule has 2 aliphatic heterocycles. The molecule has 0 saturated carbocycles. The summed E-state index contributed by atoms with van der Waals surface area (Å²) in [5.74, 6) is 1.06. The number of nitrogens with one attached hydrogen (secondary N) is 1. The van der Waals surface area contributed by atoms with Crippen LogP contribution in [0, 0.1) is 0 Å². The van der Waals surface area contributed by atoms with E-state index in [2.05, 4.69) is 72.2 Å². The lowest BCUT2D eigenvalue weighted by Crippen LogP contribution is -2.46. The van der Waals surface area contributed by atoms with Crippen LogP contribution in [0.3, 0.4) is 0 Å². The topological polar surface area (TPSA) is 43.3 Å². The Balaban J connectivity index is 1.66. The molecule has 3 rings (SSSR count). The summed E-state index contributed by atoms with van der Waals surface area (Å²) in [6.45, 7) is 12.0. The summed E-state index contributed by atoms with van der Waals surface area (Å²) in [4.78, 5) is 12.4. The van der Waals surface area contributed by atoms with Crippen molar-refractivity contribution in [1.82, 2.24) is 20.0 Å². The maximum Gasteiger partial charge on any atom is 0.194 e. The molecule has 1 aromatic carbocycles. The summed E-state index contributed by atoms with van der Waals surface area (Å²) in [7, 11) is 4.29. The number of aliphatic imine (C=N–C) groups is 1. The normalized spacial score (nSPS) is 22.3. The third-order valence-electron chi connectivity index (χ3n) is 6.17. The average molecular weight is 402 g/mol. The molecule has 0 aliphatic carbocycles. The first-order valence-corrected chi connectivity index (χ1v) is 11.2. The Morgan fingerprint density at radius 2 is 1.90 bits per heavy atom. The molecule has 0 spiro atoms. The molecule has 2 heterocycles. The monoisotopic (exact) mass is 401 g/mol. The fourth-order valence-electron chi connectivity index (χ4n) is 4.32. The number of ether oxygens (including phenoxy) is 1. The van der Waals surface area contributed by atoms with E-state index in [0.717, 1.165) is 64.9 Å². The molecule has 162 valence electrons. The van der Waals surface area contributed by atoms with E-state index in [-0.39, 0.29) is 6.04 Å². The standard InChI is InChI=1S/C23H39N5O/c1-5-19-7-9-20(10-8-19)22(26(3)4)17-25-23(24-6-2)28-12-11-21(18-28)27-13-15-29-16-14-27/h7-10,21-22H,5-6,11-18H2,1-4H3,(H,24,25). The van der Waals surface area contributed by atoms with Crippen molar-refractivity contribution in [3.63, 3.8) is 0 Å². The van der Waals surface area contributed by atoms with E-state index in [1.54, 1.807) is 0 Å². The van der Waals surface area contributed by atoms with Gasteiger partial charge in [-0.2, -0.15) is 0 Å². The number of aryl methyl sites for hydroxylation is 1. The lowest BCUT2D eigenvalue weighted by Gasteiger charge is -2.32. The second-order valence-corrected chi connectivity index (χ2v) is 8.31. The van der Waals surface area contributed by atoms with Gasteiger partial charge in [0.05, 0.1) is 25.8 Å². The fraction of sp³-hybridized carbons (Fsp3) is 0.696. The van der Waals surface area contributed by atoms with E-state index in [4.69, 9.17) is 9.73 Å². The van der Waals surface area contributed by atoms with Crippen molar-refractivity contribution >= 4 is 5.96 Å². The number of guanidine groups is 1. The summed E-state index contributed by atoms with van der Waals surface area (Å²) in [5.41, 5.74) is 2.72. The maximum absolute atomic E-state index is 5.52. The molecular formula is C23H39N5O. The molecular weight excluding hydrogens is 362 g/mol. The van der Waals surface area contributed by atoms with Crippen molar-refractivity contribution in [1.29, 1.82) is 0 Å². The molecule has 1 aromatic rings. The minimum Gasteiger partial charge on any atom is -0.379 e. The molecule has 0 radical (unpaired) electrons. The lowest BCUT2D eigenvalue weighted by atomic mass is 10.0. The zero-order chi connectivity index (χ0) is 20.6. The van der Waals surface area contributed by atoms with Crippen molar-refractivity contribution in [3.05, 3.63) is 35.4 Å². The minimum atomic E-state index is 0.284. The molecule has 2 atom stereocenters. The van der Waals surface area contributed by atoms with E-state index in [0.29, 0.717) is 6.04 Å². The molecule has 0 aromatic heterocycles. The van der Waals surface area contributed by atoms with E-state index >= 15 is 0 Å². The summed E-state index contributed by atoms with van der Waals surface area (Å²) >= 11 is 0. The lowest BCUT2D eigenvalue weighted by molar-refractivity contribution is 0.0195. The molecule has 6 heteroatoms. The van der Waals surface area contributed by atoms with Crippen LogP contribution in [0.15, 0.2) is 29.3 Å². The highest BCUT2D eigenvalue weighted by molar-refractivity contribution is 5.80. The summed E-state index contributed by atoms with van der Waals surface area (Å²) in [6, 6.07) is 9.91. The number of rotatable bonds is 7. The number of likely N-dealkylation sites (tertiary alicyclic amines) is 1. The molecule has 6 nitrogen and oxygen atoms in total. The van der Waals surface area contributed by atoms with Crippen LogP contribution in [0.2, 0.25) is 0 Å². The predicted octanol–water partition coefficient (Wildman–Crippen LogP) is 2.22. The van der Waals surface area contributed by atoms with Gasteiger partial charge in [-0.1, -0.05) is 31.2 Å². The number of morpholine rings is 1.